The summed E-state index contributed by atoms with van der Waals surface area (Å²) < 4.78 is 5.43. The number of hydrogen-bond donors (Lipinski definition) is 1. The van der Waals surface area contributed by atoms with Gasteiger partial charge in [0, 0.05) is 38.6 Å². The highest BCUT2D eigenvalue weighted by molar-refractivity contribution is 5.83. The maximum atomic E-state index is 12.8. The lowest BCUT2D eigenvalue weighted by Gasteiger charge is -2.37. The highest BCUT2D eigenvalue weighted by Crippen LogP contribution is 2.51. The molecule has 1 saturated heterocycles. The quantitative estimate of drug-likeness (QED) is 0.892. The maximum absolute atomic E-state index is 12.8. The first kappa shape index (κ1) is 17.2. The first-order valence-corrected chi connectivity index (χ1v) is 8.75. The van der Waals surface area contributed by atoms with Crippen LogP contribution in [0.3, 0.4) is 0 Å². The van der Waals surface area contributed by atoms with Crippen molar-refractivity contribution in [2.45, 2.75) is 31.8 Å². The van der Waals surface area contributed by atoms with Crippen molar-refractivity contribution in [3.8, 4) is 5.75 Å². The molecule has 1 aromatic rings. The van der Waals surface area contributed by atoms with Crippen molar-refractivity contribution in [3.63, 3.8) is 0 Å². The number of ether oxygens (including phenoxy) is 1. The Morgan fingerprint density at radius 1 is 1.25 bits per heavy atom. The monoisotopic (exact) mass is 332 g/mol. The van der Waals surface area contributed by atoms with Crippen LogP contribution in [0.1, 0.15) is 31.7 Å². The molecule has 1 saturated carbocycles. The highest BCUT2D eigenvalue weighted by Gasteiger charge is 2.47. The van der Waals surface area contributed by atoms with Gasteiger partial charge in [0.2, 0.25) is 5.91 Å². The Balaban J connectivity index is 1.54. The number of nitrogens with zero attached hydrogens (tertiary/aromatic N) is 2. The van der Waals surface area contributed by atoms with Gasteiger partial charge in [-0.05, 0) is 37.8 Å². The van der Waals surface area contributed by atoms with E-state index in [1.54, 1.807) is 7.11 Å². The molecule has 132 valence electrons. The number of methoxy groups -OCH3 is 1. The summed E-state index contributed by atoms with van der Waals surface area (Å²) >= 11 is 0. The molecule has 5 nitrogen and oxygen atoms in total. The van der Waals surface area contributed by atoms with Crippen LogP contribution in [-0.4, -0.2) is 66.2 Å². The number of piperazine rings is 1. The van der Waals surface area contributed by atoms with E-state index in [2.05, 4.69) is 11.0 Å². The fourth-order valence-electron chi connectivity index (χ4n) is 3.69. The Morgan fingerprint density at radius 2 is 1.92 bits per heavy atom. The third-order valence-corrected chi connectivity index (χ3v) is 4.94. The molecule has 1 aliphatic heterocycles. The normalized spacial score (nSPS) is 24.8. The SMILES string of the molecule is COc1ccccc1[C@H]1C[C@H]1C(=O)N1CCN(CC(C)(C)O)CC1. The van der Waals surface area contributed by atoms with Crippen molar-refractivity contribution >= 4 is 5.91 Å². The maximum Gasteiger partial charge on any atom is 0.226 e. The molecule has 0 spiro atoms. The topological polar surface area (TPSA) is 53.0 Å². The molecular weight excluding hydrogens is 304 g/mol. The molecule has 0 bridgehead atoms. The van der Waals surface area contributed by atoms with Crippen LogP contribution in [0, 0.1) is 5.92 Å². The standard InChI is InChI=1S/C19H28N2O3/c1-19(2,23)13-20-8-10-21(11-9-20)18(22)16-12-15(16)14-6-4-5-7-17(14)24-3/h4-7,15-16,23H,8-13H2,1-3H3/t15-,16-/m1/s1. The summed E-state index contributed by atoms with van der Waals surface area (Å²) in [5.74, 6) is 1.55. The predicted octanol–water partition coefficient (Wildman–Crippen LogP) is 1.71. The van der Waals surface area contributed by atoms with Crippen molar-refractivity contribution in [1.82, 2.24) is 9.80 Å². The molecule has 2 fully saturated rings. The number of aliphatic hydroxyl groups is 1. The molecule has 0 radical (unpaired) electrons. The third kappa shape index (κ3) is 3.90. The van der Waals surface area contributed by atoms with Crippen LogP contribution in [0.2, 0.25) is 0 Å². The van der Waals surface area contributed by atoms with Crippen LogP contribution in [0.25, 0.3) is 0 Å². The minimum Gasteiger partial charge on any atom is -0.496 e. The van der Waals surface area contributed by atoms with E-state index in [9.17, 15) is 9.90 Å². The zero-order chi connectivity index (χ0) is 17.3. The lowest BCUT2D eigenvalue weighted by molar-refractivity contribution is -0.134. The Morgan fingerprint density at radius 3 is 2.54 bits per heavy atom. The van der Waals surface area contributed by atoms with Gasteiger partial charge in [0.15, 0.2) is 0 Å². The van der Waals surface area contributed by atoms with Gasteiger partial charge in [-0.3, -0.25) is 9.69 Å². The number of para-hydroxylation sites is 1. The number of β-amino-alcohol motifs (C(OH)–C–C–N with tert-alkyl or cyclic N) is 1. The van der Waals surface area contributed by atoms with Gasteiger partial charge in [0.05, 0.1) is 12.7 Å². The molecule has 1 N–H and O–H groups in total. The zero-order valence-corrected chi connectivity index (χ0v) is 14.9. The predicted molar refractivity (Wildman–Crippen MR) is 93.2 cm³/mol. The summed E-state index contributed by atoms with van der Waals surface area (Å²) in [7, 11) is 1.68. The van der Waals surface area contributed by atoms with Crippen LogP contribution in [0.4, 0.5) is 0 Å². The van der Waals surface area contributed by atoms with Crippen molar-refractivity contribution in [1.29, 1.82) is 0 Å². The van der Waals surface area contributed by atoms with E-state index in [0.29, 0.717) is 12.5 Å². The van der Waals surface area contributed by atoms with Crippen molar-refractivity contribution in [3.05, 3.63) is 29.8 Å². The van der Waals surface area contributed by atoms with Crippen LogP contribution < -0.4 is 4.74 Å². The van der Waals surface area contributed by atoms with Gasteiger partial charge < -0.3 is 14.7 Å². The minimum absolute atomic E-state index is 0.0992. The molecule has 2 aliphatic rings. The molecule has 1 heterocycles. The number of amides is 1. The molecular formula is C19H28N2O3. The van der Waals surface area contributed by atoms with E-state index in [0.717, 1.165) is 43.9 Å². The summed E-state index contributed by atoms with van der Waals surface area (Å²) in [6.07, 6.45) is 0.920. The van der Waals surface area contributed by atoms with Gasteiger partial charge in [-0.15, -0.1) is 0 Å². The minimum atomic E-state index is -0.683. The van der Waals surface area contributed by atoms with Gasteiger partial charge in [-0.25, -0.2) is 0 Å². The molecule has 3 rings (SSSR count). The largest absolute Gasteiger partial charge is 0.496 e. The first-order valence-electron chi connectivity index (χ1n) is 8.75. The summed E-state index contributed by atoms with van der Waals surface area (Å²) in [6, 6.07) is 8.00. The van der Waals surface area contributed by atoms with E-state index in [-0.39, 0.29) is 11.8 Å². The van der Waals surface area contributed by atoms with Gasteiger partial charge in [0.1, 0.15) is 5.75 Å². The molecule has 1 aliphatic carbocycles. The van der Waals surface area contributed by atoms with Crippen LogP contribution in [-0.2, 0) is 4.79 Å². The molecule has 2 atom stereocenters. The Kier molecular flexibility index (Phi) is 4.83. The highest BCUT2D eigenvalue weighted by atomic mass is 16.5. The summed E-state index contributed by atoms with van der Waals surface area (Å²) in [5, 5.41) is 9.92. The smallest absolute Gasteiger partial charge is 0.226 e. The van der Waals surface area contributed by atoms with Gasteiger partial charge in [-0.1, -0.05) is 18.2 Å². The van der Waals surface area contributed by atoms with Crippen molar-refractivity contribution in [2.24, 2.45) is 5.92 Å². The second-order valence-corrected chi connectivity index (χ2v) is 7.60. The number of rotatable bonds is 5. The third-order valence-electron chi connectivity index (χ3n) is 4.94. The molecule has 0 unspecified atom stereocenters. The Hall–Kier alpha value is -1.59. The molecule has 1 aromatic carbocycles. The fourth-order valence-corrected chi connectivity index (χ4v) is 3.69. The lowest BCUT2D eigenvalue weighted by Crippen LogP contribution is -2.52. The van der Waals surface area contributed by atoms with E-state index in [1.165, 1.54) is 0 Å². The van der Waals surface area contributed by atoms with Crippen LogP contribution in [0.15, 0.2) is 24.3 Å². The van der Waals surface area contributed by atoms with E-state index in [1.807, 2.05) is 36.9 Å². The number of carbonyl (C=O) groups excluding carboxylic acids is 1. The molecule has 1 amide bonds. The van der Waals surface area contributed by atoms with Gasteiger partial charge >= 0.3 is 0 Å². The first-order chi connectivity index (χ1) is 11.4. The second kappa shape index (κ2) is 6.73. The van der Waals surface area contributed by atoms with Crippen LogP contribution >= 0.6 is 0 Å². The summed E-state index contributed by atoms with van der Waals surface area (Å²) in [6.45, 7) is 7.49. The van der Waals surface area contributed by atoms with Gasteiger partial charge in [0.25, 0.3) is 0 Å². The fraction of sp³-hybridized carbons (Fsp3) is 0.632. The average molecular weight is 332 g/mol. The Bertz CT molecular complexity index is 589. The number of carbonyl (C=O) groups is 1. The van der Waals surface area contributed by atoms with Gasteiger partial charge in [-0.2, -0.15) is 0 Å². The Labute approximate surface area is 144 Å². The number of benzene rings is 1. The summed E-state index contributed by atoms with van der Waals surface area (Å²) in [4.78, 5) is 17.0. The summed E-state index contributed by atoms with van der Waals surface area (Å²) in [5.41, 5.74) is 0.469. The molecule has 24 heavy (non-hydrogen) atoms. The van der Waals surface area contributed by atoms with Crippen LogP contribution in [0.5, 0.6) is 5.75 Å². The molecule has 0 aromatic heterocycles. The average Bonchev–Trinajstić information content (AvgIpc) is 3.34. The van der Waals surface area contributed by atoms with E-state index < -0.39 is 5.60 Å². The lowest BCUT2D eigenvalue weighted by atomic mass is 10.1. The van der Waals surface area contributed by atoms with E-state index in [4.69, 9.17) is 4.74 Å². The number of hydrogen-bond acceptors (Lipinski definition) is 4. The molecule has 5 heteroatoms. The van der Waals surface area contributed by atoms with Crippen molar-refractivity contribution in [2.75, 3.05) is 39.8 Å². The van der Waals surface area contributed by atoms with Crippen molar-refractivity contribution < 1.29 is 14.6 Å². The second-order valence-electron chi connectivity index (χ2n) is 7.60. The zero-order valence-electron chi connectivity index (χ0n) is 14.9. The van der Waals surface area contributed by atoms with E-state index >= 15 is 0 Å².